The van der Waals surface area contributed by atoms with Crippen LogP contribution in [0.15, 0.2) is 42.5 Å². The Balaban J connectivity index is 1.80. The summed E-state index contributed by atoms with van der Waals surface area (Å²) in [5.74, 6) is -1.44. The van der Waals surface area contributed by atoms with Gasteiger partial charge in [-0.1, -0.05) is 11.6 Å². The molecule has 4 rings (SSSR count). The third-order valence-corrected chi connectivity index (χ3v) is 5.18. The first-order valence-corrected chi connectivity index (χ1v) is 9.30. The zero-order chi connectivity index (χ0) is 20.7. The summed E-state index contributed by atoms with van der Waals surface area (Å²) in [4.78, 5) is 25.6. The molecule has 0 fully saturated rings. The average Bonchev–Trinajstić information content (AvgIpc) is 3.04. The number of fused-ring (bicyclic) bond motifs is 1. The molecular weight excluding hydrogens is 397 g/mol. The van der Waals surface area contributed by atoms with Crippen LogP contribution in [0.5, 0.6) is 5.75 Å². The number of amides is 1. The quantitative estimate of drug-likeness (QED) is 0.647. The topological polar surface area (TPSA) is 73.2 Å². The van der Waals surface area contributed by atoms with Crippen LogP contribution in [0, 0.1) is 12.7 Å². The lowest BCUT2D eigenvalue weighted by Gasteiger charge is -2.23. The van der Waals surface area contributed by atoms with Crippen molar-refractivity contribution in [3.8, 4) is 11.4 Å². The lowest BCUT2D eigenvalue weighted by Crippen LogP contribution is -2.28. The van der Waals surface area contributed by atoms with Crippen molar-refractivity contribution in [1.82, 2.24) is 9.78 Å². The number of aryl methyl sites for hydroxylation is 1. The third-order valence-electron chi connectivity index (χ3n) is 4.93. The molecule has 1 N–H and O–H groups in total. The number of hydrogen-bond donors (Lipinski definition) is 1. The summed E-state index contributed by atoms with van der Waals surface area (Å²) in [6, 6.07) is 10.9. The van der Waals surface area contributed by atoms with Gasteiger partial charge in [0, 0.05) is 22.6 Å². The molecular formula is C21H17ClFN3O3. The van der Waals surface area contributed by atoms with Gasteiger partial charge in [0.2, 0.25) is 5.91 Å². The number of Topliss-reactive ketones (excluding diaryl/α,β-unsaturated/α-hetero) is 1. The minimum atomic E-state index is -0.727. The van der Waals surface area contributed by atoms with Gasteiger partial charge in [-0.3, -0.25) is 9.59 Å². The van der Waals surface area contributed by atoms with Gasteiger partial charge in [0.15, 0.2) is 17.3 Å². The maximum absolute atomic E-state index is 13.7. The van der Waals surface area contributed by atoms with Gasteiger partial charge in [0.25, 0.3) is 0 Å². The molecule has 1 unspecified atom stereocenters. The van der Waals surface area contributed by atoms with E-state index in [0.29, 0.717) is 27.8 Å². The maximum Gasteiger partial charge on any atom is 0.226 e. The van der Waals surface area contributed by atoms with Crippen LogP contribution in [0.2, 0.25) is 5.02 Å². The number of hydrogen-bond acceptors (Lipinski definition) is 4. The molecule has 1 amide bonds. The summed E-state index contributed by atoms with van der Waals surface area (Å²) in [7, 11) is 1.33. The van der Waals surface area contributed by atoms with E-state index in [0.717, 1.165) is 0 Å². The molecule has 148 valence electrons. The number of ether oxygens (including phenoxy) is 1. The van der Waals surface area contributed by atoms with Gasteiger partial charge in [0.05, 0.1) is 24.4 Å². The second-order valence-corrected chi connectivity index (χ2v) is 7.19. The summed E-state index contributed by atoms with van der Waals surface area (Å²) in [6.45, 7) is 1.79. The number of methoxy groups -OCH3 is 1. The number of aromatic nitrogens is 2. The van der Waals surface area contributed by atoms with E-state index in [-0.39, 0.29) is 29.4 Å². The van der Waals surface area contributed by atoms with Crippen molar-refractivity contribution >= 4 is 29.1 Å². The number of carbonyl (C=O) groups excluding carboxylic acids is 2. The van der Waals surface area contributed by atoms with Crippen molar-refractivity contribution in [2.24, 2.45) is 0 Å². The molecule has 8 heteroatoms. The normalized spacial score (nSPS) is 15.6. The van der Waals surface area contributed by atoms with Crippen LogP contribution in [0.4, 0.5) is 10.2 Å². The summed E-state index contributed by atoms with van der Waals surface area (Å²) < 4.78 is 20.3. The predicted molar refractivity (Wildman–Crippen MR) is 107 cm³/mol. The molecule has 29 heavy (non-hydrogen) atoms. The Labute approximate surface area is 171 Å². The number of rotatable bonds is 4. The van der Waals surface area contributed by atoms with Gasteiger partial charge < -0.3 is 10.1 Å². The highest BCUT2D eigenvalue weighted by atomic mass is 35.5. The molecule has 0 radical (unpaired) electrons. The first-order chi connectivity index (χ1) is 13.9. The smallest absolute Gasteiger partial charge is 0.226 e. The van der Waals surface area contributed by atoms with Crippen LogP contribution in [0.25, 0.3) is 5.69 Å². The molecule has 0 aliphatic carbocycles. The van der Waals surface area contributed by atoms with Crippen molar-refractivity contribution in [2.75, 3.05) is 12.4 Å². The molecule has 1 aromatic heterocycles. The molecule has 2 aromatic carbocycles. The molecule has 1 aliphatic heterocycles. The van der Waals surface area contributed by atoms with Gasteiger partial charge in [-0.15, -0.1) is 0 Å². The van der Waals surface area contributed by atoms with E-state index in [2.05, 4.69) is 10.4 Å². The molecule has 0 bridgehead atoms. The number of anilines is 1. The molecule has 0 saturated carbocycles. The second-order valence-electron chi connectivity index (χ2n) is 6.75. The molecule has 6 nitrogen and oxygen atoms in total. The molecule has 3 aromatic rings. The third kappa shape index (κ3) is 3.38. The highest BCUT2D eigenvalue weighted by molar-refractivity contribution is 6.30. The zero-order valence-electron chi connectivity index (χ0n) is 15.7. The second kappa shape index (κ2) is 7.33. The Morgan fingerprint density at radius 1 is 1.28 bits per heavy atom. The number of nitrogens with one attached hydrogen (secondary N) is 1. The number of halogens is 2. The van der Waals surface area contributed by atoms with E-state index < -0.39 is 11.7 Å². The fraction of sp³-hybridized carbons (Fsp3) is 0.190. The Morgan fingerprint density at radius 2 is 2.00 bits per heavy atom. The lowest BCUT2D eigenvalue weighted by atomic mass is 9.85. The van der Waals surface area contributed by atoms with Crippen molar-refractivity contribution in [1.29, 1.82) is 0 Å². The molecule has 0 saturated heterocycles. The van der Waals surface area contributed by atoms with Gasteiger partial charge in [-0.2, -0.15) is 5.10 Å². The van der Waals surface area contributed by atoms with E-state index in [1.807, 2.05) is 0 Å². The predicted octanol–water partition coefficient (Wildman–Crippen LogP) is 4.29. The molecule has 1 atom stereocenters. The van der Waals surface area contributed by atoms with Crippen LogP contribution in [-0.4, -0.2) is 28.6 Å². The fourth-order valence-corrected chi connectivity index (χ4v) is 3.68. The van der Waals surface area contributed by atoms with Gasteiger partial charge in [-0.05, 0) is 49.4 Å². The first kappa shape index (κ1) is 19.1. The highest BCUT2D eigenvalue weighted by Crippen LogP contribution is 2.38. The standard InChI is InChI=1S/C21H17ClFN3O3/c1-11-19-15(20(28)12-3-8-16(23)17(9-12)29-2)10-18(27)24-21(19)26(25-11)14-6-4-13(22)5-7-14/h3-9,15H,10H2,1-2H3,(H,24,27). The largest absolute Gasteiger partial charge is 0.494 e. The zero-order valence-corrected chi connectivity index (χ0v) is 16.5. The summed E-state index contributed by atoms with van der Waals surface area (Å²) in [5, 5.41) is 7.92. The van der Waals surface area contributed by atoms with E-state index in [1.54, 1.807) is 35.9 Å². The van der Waals surface area contributed by atoms with Crippen molar-refractivity contribution in [3.63, 3.8) is 0 Å². The Hall–Kier alpha value is -3.19. The van der Waals surface area contributed by atoms with E-state index >= 15 is 0 Å². The SMILES string of the molecule is COc1cc(C(=O)C2CC(=O)Nc3c2c(C)nn3-c2ccc(Cl)cc2)ccc1F. The van der Waals surface area contributed by atoms with Crippen LogP contribution in [-0.2, 0) is 4.79 Å². The van der Waals surface area contributed by atoms with Gasteiger partial charge >= 0.3 is 0 Å². The Kier molecular flexibility index (Phi) is 4.84. The minimum absolute atomic E-state index is 0.0152. The van der Waals surface area contributed by atoms with Gasteiger partial charge in [0.1, 0.15) is 5.82 Å². The lowest BCUT2D eigenvalue weighted by molar-refractivity contribution is -0.116. The van der Waals surface area contributed by atoms with Crippen molar-refractivity contribution in [2.45, 2.75) is 19.3 Å². The number of benzene rings is 2. The number of carbonyl (C=O) groups is 2. The monoisotopic (exact) mass is 413 g/mol. The summed E-state index contributed by atoms with van der Waals surface area (Å²) in [6.07, 6.45) is -0.0152. The fourth-order valence-electron chi connectivity index (χ4n) is 3.55. The maximum atomic E-state index is 13.7. The van der Waals surface area contributed by atoms with Crippen molar-refractivity contribution < 1.29 is 18.7 Å². The van der Waals surface area contributed by atoms with Gasteiger partial charge in [-0.25, -0.2) is 9.07 Å². The molecule has 2 heterocycles. The van der Waals surface area contributed by atoms with Crippen molar-refractivity contribution in [3.05, 3.63) is 70.1 Å². The number of ketones is 1. The summed E-state index contributed by atoms with van der Waals surface area (Å²) in [5.41, 5.74) is 2.25. The van der Waals surface area contributed by atoms with E-state index in [4.69, 9.17) is 16.3 Å². The Morgan fingerprint density at radius 3 is 2.69 bits per heavy atom. The highest BCUT2D eigenvalue weighted by Gasteiger charge is 2.36. The molecule has 1 aliphatic rings. The van der Waals surface area contributed by atoms with Crippen LogP contribution in [0.3, 0.4) is 0 Å². The first-order valence-electron chi connectivity index (χ1n) is 8.92. The minimum Gasteiger partial charge on any atom is -0.494 e. The molecule has 0 spiro atoms. The summed E-state index contributed by atoms with van der Waals surface area (Å²) >= 11 is 5.96. The van der Waals surface area contributed by atoms with E-state index in [1.165, 1.54) is 25.3 Å². The van der Waals surface area contributed by atoms with Crippen LogP contribution in [0.1, 0.15) is 34.0 Å². The average molecular weight is 414 g/mol. The number of nitrogens with zero attached hydrogens (tertiary/aromatic N) is 2. The van der Waals surface area contributed by atoms with Crippen LogP contribution < -0.4 is 10.1 Å². The van der Waals surface area contributed by atoms with E-state index in [9.17, 15) is 14.0 Å². The Bertz CT molecular complexity index is 1120. The van der Waals surface area contributed by atoms with Crippen LogP contribution >= 0.6 is 11.6 Å².